The second-order valence-electron chi connectivity index (χ2n) is 7.03. The van der Waals surface area contributed by atoms with Crippen LogP contribution in [0.1, 0.15) is 30.1 Å². The number of carbonyl (C=O) groups is 1. The highest BCUT2D eigenvalue weighted by atomic mass is 35.5. The fraction of sp³-hybridized carbons (Fsp3) is 0.286. The highest BCUT2D eigenvalue weighted by Crippen LogP contribution is 2.26. The maximum Gasteiger partial charge on any atom is 0.259 e. The van der Waals surface area contributed by atoms with Crippen LogP contribution in [0.15, 0.2) is 53.1 Å². The van der Waals surface area contributed by atoms with E-state index in [0.717, 1.165) is 24.9 Å². The molecule has 0 saturated carbocycles. The molecule has 1 aromatic heterocycles. The van der Waals surface area contributed by atoms with Crippen molar-refractivity contribution in [2.75, 3.05) is 6.54 Å². The number of carbonyl (C=O) groups excluding carboxylic acids is 1. The third kappa shape index (κ3) is 4.96. The highest BCUT2D eigenvalue weighted by Gasteiger charge is 2.23. The summed E-state index contributed by atoms with van der Waals surface area (Å²) in [6, 6.07) is 15.1. The summed E-state index contributed by atoms with van der Waals surface area (Å²) in [7, 11) is 0. The van der Waals surface area contributed by atoms with Crippen LogP contribution in [-0.2, 0) is 0 Å². The van der Waals surface area contributed by atoms with Gasteiger partial charge in [0, 0.05) is 22.7 Å². The van der Waals surface area contributed by atoms with Gasteiger partial charge in [0.1, 0.15) is 0 Å². The van der Waals surface area contributed by atoms with E-state index in [0.29, 0.717) is 33.9 Å². The van der Waals surface area contributed by atoms with Crippen molar-refractivity contribution in [3.8, 4) is 22.8 Å². The van der Waals surface area contributed by atoms with E-state index in [1.807, 2.05) is 30.3 Å². The molecule has 2 heterocycles. The summed E-state index contributed by atoms with van der Waals surface area (Å²) < 4.78 is 5.45. The van der Waals surface area contributed by atoms with Gasteiger partial charge in [0.25, 0.3) is 11.8 Å². The Morgan fingerprint density at radius 1 is 1.24 bits per heavy atom. The summed E-state index contributed by atoms with van der Waals surface area (Å²) in [6.07, 6.45) is 1.82. The minimum absolute atomic E-state index is 0. The van der Waals surface area contributed by atoms with E-state index in [1.165, 1.54) is 0 Å². The number of nitrogens with zero attached hydrogens (tertiary/aromatic N) is 2. The van der Waals surface area contributed by atoms with Gasteiger partial charge in [0.2, 0.25) is 5.82 Å². The van der Waals surface area contributed by atoms with Crippen molar-refractivity contribution in [3.63, 3.8) is 0 Å². The summed E-state index contributed by atoms with van der Waals surface area (Å²) in [5.74, 6) is 0.608. The number of piperidine rings is 1. The first-order valence-electron chi connectivity index (χ1n) is 9.33. The van der Waals surface area contributed by atoms with Gasteiger partial charge >= 0.3 is 0 Å². The Morgan fingerprint density at radius 2 is 2.07 bits per heavy atom. The first kappa shape index (κ1) is 21.3. The third-order valence-corrected chi connectivity index (χ3v) is 5.10. The van der Waals surface area contributed by atoms with Gasteiger partial charge in [-0.25, -0.2) is 0 Å². The molecule has 1 amide bonds. The van der Waals surface area contributed by atoms with Crippen LogP contribution in [0.4, 0.5) is 0 Å². The molecule has 2 atom stereocenters. The lowest BCUT2D eigenvalue weighted by Gasteiger charge is -2.28. The van der Waals surface area contributed by atoms with Crippen molar-refractivity contribution in [2.24, 2.45) is 0 Å². The molecule has 1 aliphatic rings. The van der Waals surface area contributed by atoms with Crippen molar-refractivity contribution in [1.82, 2.24) is 20.8 Å². The minimum atomic E-state index is -0.128. The van der Waals surface area contributed by atoms with Crippen LogP contribution in [0.3, 0.4) is 0 Å². The zero-order valence-electron chi connectivity index (χ0n) is 15.9. The summed E-state index contributed by atoms with van der Waals surface area (Å²) in [5.41, 5.74) is 1.89. The Hall–Kier alpha value is -2.41. The molecule has 8 heteroatoms. The lowest BCUT2D eigenvalue weighted by atomic mass is 9.99. The lowest BCUT2D eigenvalue weighted by molar-refractivity contribution is 0.0926. The smallest absolute Gasteiger partial charge is 0.259 e. The van der Waals surface area contributed by atoms with E-state index in [9.17, 15) is 4.79 Å². The van der Waals surface area contributed by atoms with Crippen LogP contribution >= 0.6 is 24.0 Å². The van der Waals surface area contributed by atoms with Gasteiger partial charge in [-0.1, -0.05) is 41.0 Å². The molecule has 0 bridgehead atoms. The molecule has 6 nitrogen and oxygen atoms in total. The SMILES string of the molecule is CC1CC(NC(=O)c2ccccc2-c2nc(-c3cccc(Cl)c3)no2)CCN1.Cl. The molecule has 152 valence electrons. The Kier molecular flexibility index (Phi) is 6.90. The number of benzene rings is 2. The zero-order valence-corrected chi connectivity index (χ0v) is 17.5. The normalized spacial score (nSPS) is 18.7. The molecule has 0 radical (unpaired) electrons. The molecule has 2 unspecified atom stereocenters. The number of hydrogen-bond donors (Lipinski definition) is 2. The zero-order chi connectivity index (χ0) is 19.5. The molecular formula is C21H22Cl2N4O2. The van der Waals surface area contributed by atoms with Gasteiger partial charge < -0.3 is 15.2 Å². The molecule has 2 N–H and O–H groups in total. The fourth-order valence-electron chi connectivity index (χ4n) is 3.47. The minimum Gasteiger partial charge on any atom is -0.349 e. The molecule has 3 aromatic rings. The van der Waals surface area contributed by atoms with Gasteiger partial charge in [-0.05, 0) is 50.6 Å². The van der Waals surface area contributed by atoms with Crippen LogP contribution in [0.5, 0.6) is 0 Å². The number of aromatic nitrogens is 2. The number of halogens is 2. The molecule has 1 fully saturated rings. The summed E-state index contributed by atoms with van der Waals surface area (Å²) in [5, 5.41) is 11.2. The first-order valence-corrected chi connectivity index (χ1v) is 9.71. The Balaban J connectivity index is 0.00000240. The summed E-state index contributed by atoms with van der Waals surface area (Å²) in [6.45, 7) is 3.03. The number of hydrogen-bond acceptors (Lipinski definition) is 5. The topological polar surface area (TPSA) is 80.1 Å². The predicted molar refractivity (Wildman–Crippen MR) is 115 cm³/mol. The lowest BCUT2D eigenvalue weighted by Crippen LogP contribution is -2.46. The Bertz CT molecular complexity index is 992. The maximum absolute atomic E-state index is 12.9. The van der Waals surface area contributed by atoms with Gasteiger partial charge in [-0.3, -0.25) is 4.79 Å². The van der Waals surface area contributed by atoms with Crippen molar-refractivity contribution in [3.05, 3.63) is 59.1 Å². The van der Waals surface area contributed by atoms with E-state index in [1.54, 1.807) is 18.2 Å². The average Bonchev–Trinajstić information content (AvgIpc) is 3.18. The third-order valence-electron chi connectivity index (χ3n) is 4.87. The second kappa shape index (κ2) is 9.39. The van der Waals surface area contributed by atoms with E-state index >= 15 is 0 Å². The quantitative estimate of drug-likeness (QED) is 0.640. The fourth-order valence-corrected chi connectivity index (χ4v) is 3.66. The van der Waals surface area contributed by atoms with E-state index in [2.05, 4.69) is 27.7 Å². The predicted octanol–water partition coefficient (Wildman–Crippen LogP) is 4.35. The number of amides is 1. The molecule has 1 aliphatic heterocycles. The van der Waals surface area contributed by atoms with Crippen LogP contribution in [0.2, 0.25) is 5.02 Å². The molecule has 29 heavy (non-hydrogen) atoms. The van der Waals surface area contributed by atoms with Crippen LogP contribution in [0, 0.1) is 0 Å². The van der Waals surface area contributed by atoms with Gasteiger partial charge in [-0.2, -0.15) is 4.98 Å². The van der Waals surface area contributed by atoms with Crippen molar-refractivity contribution >= 4 is 29.9 Å². The molecule has 4 rings (SSSR count). The monoisotopic (exact) mass is 432 g/mol. The molecule has 2 aromatic carbocycles. The Morgan fingerprint density at radius 3 is 2.86 bits per heavy atom. The molecule has 0 aliphatic carbocycles. The molecule has 1 saturated heterocycles. The molecule has 0 spiro atoms. The first-order chi connectivity index (χ1) is 13.6. The second-order valence-corrected chi connectivity index (χ2v) is 7.47. The number of nitrogens with one attached hydrogen (secondary N) is 2. The van der Waals surface area contributed by atoms with E-state index < -0.39 is 0 Å². The average molecular weight is 433 g/mol. The van der Waals surface area contributed by atoms with Crippen molar-refractivity contribution < 1.29 is 9.32 Å². The van der Waals surface area contributed by atoms with Crippen LogP contribution in [0.25, 0.3) is 22.8 Å². The van der Waals surface area contributed by atoms with Crippen LogP contribution < -0.4 is 10.6 Å². The van der Waals surface area contributed by atoms with E-state index in [-0.39, 0.29) is 24.4 Å². The van der Waals surface area contributed by atoms with Gasteiger partial charge in [-0.15, -0.1) is 12.4 Å². The summed E-state index contributed by atoms with van der Waals surface area (Å²) in [4.78, 5) is 17.4. The van der Waals surface area contributed by atoms with Gasteiger partial charge in [0.05, 0.1) is 11.1 Å². The highest BCUT2D eigenvalue weighted by molar-refractivity contribution is 6.30. The Labute approximate surface area is 180 Å². The van der Waals surface area contributed by atoms with E-state index in [4.69, 9.17) is 16.1 Å². The van der Waals surface area contributed by atoms with Crippen LogP contribution in [-0.4, -0.2) is 34.7 Å². The molecular weight excluding hydrogens is 411 g/mol. The van der Waals surface area contributed by atoms with Crippen molar-refractivity contribution in [2.45, 2.75) is 31.8 Å². The number of rotatable bonds is 4. The standard InChI is InChI=1S/C21H21ClN4O2.ClH/c1-13-11-16(9-10-23-13)24-20(27)17-7-2-3-8-18(17)21-25-19(26-28-21)14-5-4-6-15(22)12-14;/h2-8,12-13,16,23H,9-11H2,1H3,(H,24,27);1H. The summed E-state index contributed by atoms with van der Waals surface area (Å²) >= 11 is 6.04. The largest absolute Gasteiger partial charge is 0.349 e. The van der Waals surface area contributed by atoms with Gasteiger partial charge in [0.15, 0.2) is 0 Å². The van der Waals surface area contributed by atoms with Crippen molar-refractivity contribution in [1.29, 1.82) is 0 Å². The maximum atomic E-state index is 12.9.